The minimum absolute atomic E-state index is 0.00583. The summed E-state index contributed by atoms with van der Waals surface area (Å²) in [5.74, 6) is -0.567. The van der Waals surface area contributed by atoms with Crippen molar-refractivity contribution in [1.82, 2.24) is 0 Å². The van der Waals surface area contributed by atoms with Crippen LogP contribution in [0.2, 0.25) is 0 Å². The molecular weight excluding hydrogens is 218 g/mol. The second-order valence-electron chi connectivity index (χ2n) is 2.78. The Labute approximate surface area is 88.7 Å². The fourth-order valence-corrected chi connectivity index (χ4v) is 2.83. The van der Waals surface area contributed by atoms with Gasteiger partial charge in [0.25, 0.3) is 0 Å². The Hall–Kier alpha value is -0.700. The third-order valence-electron chi connectivity index (χ3n) is 1.75. The third-order valence-corrected chi connectivity index (χ3v) is 3.89. The molecular formula is C10H14FO3P. The van der Waals surface area contributed by atoms with Crippen LogP contribution in [0.1, 0.15) is 13.8 Å². The predicted molar refractivity (Wildman–Crippen MR) is 56.9 cm³/mol. The van der Waals surface area contributed by atoms with Gasteiger partial charge < -0.3 is 9.05 Å². The molecule has 0 N–H and O–H groups in total. The minimum atomic E-state index is -3.48. The van der Waals surface area contributed by atoms with Crippen molar-refractivity contribution in [2.24, 2.45) is 0 Å². The Kier molecular flexibility index (Phi) is 4.45. The average Bonchev–Trinajstić information content (AvgIpc) is 2.19. The van der Waals surface area contributed by atoms with E-state index in [-0.39, 0.29) is 18.5 Å². The van der Waals surface area contributed by atoms with Gasteiger partial charge in [0, 0.05) is 0 Å². The highest BCUT2D eigenvalue weighted by molar-refractivity contribution is 7.62. The van der Waals surface area contributed by atoms with Crippen molar-refractivity contribution in [3.63, 3.8) is 0 Å². The lowest BCUT2D eigenvalue weighted by molar-refractivity contribution is 0.229. The van der Waals surface area contributed by atoms with E-state index < -0.39 is 13.4 Å². The highest BCUT2D eigenvalue weighted by atomic mass is 31.2. The zero-order valence-corrected chi connectivity index (χ0v) is 9.67. The molecule has 0 radical (unpaired) electrons. The molecule has 0 saturated heterocycles. The second-order valence-corrected chi connectivity index (χ2v) is 4.78. The van der Waals surface area contributed by atoms with E-state index in [0.717, 1.165) is 0 Å². The third kappa shape index (κ3) is 2.88. The molecule has 1 aromatic rings. The molecule has 0 saturated carbocycles. The molecule has 0 atom stereocenters. The van der Waals surface area contributed by atoms with E-state index in [1.165, 1.54) is 18.2 Å². The molecule has 0 aliphatic rings. The molecule has 0 unspecified atom stereocenters. The van der Waals surface area contributed by atoms with E-state index in [1.807, 2.05) is 0 Å². The van der Waals surface area contributed by atoms with E-state index >= 15 is 0 Å². The van der Waals surface area contributed by atoms with Crippen molar-refractivity contribution in [3.05, 3.63) is 30.1 Å². The summed E-state index contributed by atoms with van der Waals surface area (Å²) >= 11 is 0. The summed E-state index contributed by atoms with van der Waals surface area (Å²) in [6.07, 6.45) is 0. The molecule has 0 spiro atoms. The smallest absolute Gasteiger partial charge is 0.305 e. The first-order chi connectivity index (χ1) is 7.14. The molecule has 0 aliphatic carbocycles. The lowest BCUT2D eigenvalue weighted by Gasteiger charge is -2.17. The summed E-state index contributed by atoms with van der Waals surface area (Å²) in [5.41, 5.74) is 0. The topological polar surface area (TPSA) is 35.5 Å². The van der Waals surface area contributed by atoms with Crippen molar-refractivity contribution in [2.75, 3.05) is 13.2 Å². The van der Waals surface area contributed by atoms with Gasteiger partial charge >= 0.3 is 7.60 Å². The maximum absolute atomic E-state index is 13.4. The molecule has 1 rings (SSSR count). The molecule has 0 bridgehead atoms. The summed E-state index contributed by atoms with van der Waals surface area (Å²) < 4.78 is 35.6. The van der Waals surface area contributed by atoms with Crippen LogP contribution in [0.4, 0.5) is 4.39 Å². The van der Waals surface area contributed by atoms with Crippen LogP contribution in [-0.4, -0.2) is 13.2 Å². The standard InChI is InChI=1S/C10H14FO3P/c1-3-13-15(12,14-4-2)10-8-6-5-7-9(10)11/h5-8H,3-4H2,1-2H3. The minimum Gasteiger partial charge on any atom is -0.305 e. The maximum Gasteiger partial charge on any atom is 0.364 e. The molecule has 1 aromatic carbocycles. The second kappa shape index (κ2) is 5.40. The first-order valence-corrected chi connectivity index (χ1v) is 6.32. The van der Waals surface area contributed by atoms with Gasteiger partial charge in [-0.05, 0) is 26.0 Å². The Morgan fingerprint density at radius 3 is 2.20 bits per heavy atom. The molecule has 0 fully saturated rings. The zero-order chi connectivity index (χ0) is 11.3. The maximum atomic E-state index is 13.4. The normalized spacial score (nSPS) is 11.7. The van der Waals surface area contributed by atoms with Gasteiger partial charge in [-0.25, -0.2) is 4.39 Å². The van der Waals surface area contributed by atoms with Crippen molar-refractivity contribution >= 4 is 12.9 Å². The monoisotopic (exact) mass is 232 g/mol. The van der Waals surface area contributed by atoms with E-state index in [9.17, 15) is 8.96 Å². The van der Waals surface area contributed by atoms with Gasteiger partial charge in [0.15, 0.2) is 0 Å². The lowest BCUT2D eigenvalue weighted by Crippen LogP contribution is -2.14. The van der Waals surface area contributed by atoms with Crippen LogP contribution >= 0.6 is 7.60 Å². The van der Waals surface area contributed by atoms with E-state index in [4.69, 9.17) is 9.05 Å². The number of hydrogen-bond donors (Lipinski definition) is 0. The van der Waals surface area contributed by atoms with Crippen molar-refractivity contribution in [1.29, 1.82) is 0 Å². The van der Waals surface area contributed by atoms with Crippen LogP contribution in [0.3, 0.4) is 0 Å². The highest BCUT2D eigenvalue weighted by Crippen LogP contribution is 2.47. The Morgan fingerprint density at radius 2 is 1.73 bits per heavy atom. The number of hydrogen-bond acceptors (Lipinski definition) is 3. The fourth-order valence-electron chi connectivity index (χ4n) is 1.19. The molecule has 0 heterocycles. The first-order valence-electron chi connectivity index (χ1n) is 4.78. The summed E-state index contributed by atoms with van der Waals surface area (Å²) in [7, 11) is -3.48. The Bertz CT molecular complexity index is 357. The molecule has 5 heteroatoms. The molecule has 84 valence electrons. The van der Waals surface area contributed by atoms with Crippen molar-refractivity contribution in [2.45, 2.75) is 13.8 Å². The quantitative estimate of drug-likeness (QED) is 0.732. The van der Waals surface area contributed by atoms with Crippen molar-refractivity contribution in [3.8, 4) is 0 Å². The zero-order valence-electron chi connectivity index (χ0n) is 8.77. The van der Waals surface area contributed by atoms with Crippen LogP contribution < -0.4 is 5.30 Å². The SMILES string of the molecule is CCOP(=O)(OCC)c1ccccc1F. The lowest BCUT2D eigenvalue weighted by atomic mass is 10.3. The number of halogens is 1. The molecule has 0 aromatic heterocycles. The van der Waals surface area contributed by atoms with Crippen LogP contribution in [0.15, 0.2) is 24.3 Å². The van der Waals surface area contributed by atoms with Crippen LogP contribution in [0.5, 0.6) is 0 Å². The number of benzene rings is 1. The molecule has 0 aliphatic heterocycles. The summed E-state index contributed by atoms with van der Waals surface area (Å²) in [6, 6.07) is 5.78. The molecule has 3 nitrogen and oxygen atoms in total. The van der Waals surface area contributed by atoms with Gasteiger partial charge in [0.2, 0.25) is 0 Å². The highest BCUT2D eigenvalue weighted by Gasteiger charge is 2.29. The molecule has 0 amide bonds. The van der Waals surface area contributed by atoms with E-state index in [1.54, 1.807) is 19.9 Å². The van der Waals surface area contributed by atoms with Gasteiger partial charge in [0.05, 0.1) is 18.5 Å². The predicted octanol–water partition coefficient (Wildman–Crippen LogP) is 2.72. The van der Waals surface area contributed by atoms with Gasteiger partial charge in [-0.3, -0.25) is 4.57 Å². The Balaban J connectivity index is 3.09. The van der Waals surface area contributed by atoms with Crippen LogP contribution in [-0.2, 0) is 13.6 Å². The average molecular weight is 232 g/mol. The van der Waals surface area contributed by atoms with Gasteiger partial charge in [0.1, 0.15) is 5.82 Å². The van der Waals surface area contributed by atoms with E-state index in [2.05, 4.69) is 0 Å². The molecule has 15 heavy (non-hydrogen) atoms. The van der Waals surface area contributed by atoms with Crippen LogP contribution in [0, 0.1) is 5.82 Å². The van der Waals surface area contributed by atoms with Gasteiger partial charge in [-0.1, -0.05) is 12.1 Å². The summed E-state index contributed by atoms with van der Waals surface area (Å²) in [4.78, 5) is 0. The summed E-state index contributed by atoms with van der Waals surface area (Å²) in [6.45, 7) is 3.80. The fraction of sp³-hybridized carbons (Fsp3) is 0.400. The van der Waals surface area contributed by atoms with Crippen molar-refractivity contribution < 1.29 is 18.0 Å². The van der Waals surface area contributed by atoms with E-state index in [0.29, 0.717) is 0 Å². The largest absolute Gasteiger partial charge is 0.364 e. The first kappa shape index (κ1) is 12.4. The van der Waals surface area contributed by atoms with Gasteiger partial charge in [-0.15, -0.1) is 0 Å². The van der Waals surface area contributed by atoms with Crippen LogP contribution in [0.25, 0.3) is 0 Å². The number of rotatable bonds is 5. The Morgan fingerprint density at radius 1 is 1.20 bits per heavy atom. The summed E-state index contributed by atoms with van der Waals surface area (Å²) in [5, 5.41) is -0.00583. The van der Waals surface area contributed by atoms with Gasteiger partial charge in [-0.2, -0.15) is 0 Å².